The summed E-state index contributed by atoms with van der Waals surface area (Å²) < 4.78 is 21.0. The van der Waals surface area contributed by atoms with E-state index in [4.69, 9.17) is 9.72 Å². The van der Waals surface area contributed by atoms with Crippen molar-refractivity contribution in [3.05, 3.63) is 88.9 Å². The molecule has 0 spiro atoms. The minimum Gasteiger partial charge on any atom is -0.475 e. The summed E-state index contributed by atoms with van der Waals surface area (Å²) in [6, 6.07) is 18.4. The lowest BCUT2D eigenvalue weighted by Crippen LogP contribution is -2.48. The van der Waals surface area contributed by atoms with Gasteiger partial charge in [0.2, 0.25) is 5.88 Å². The van der Waals surface area contributed by atoms with Crippen molar-refractivity contribution in [1.29, 1.82) is 5.26 Å². The fourth-order valence-electron chi connectivity index (χ4n) is 5.60. The molecule has 0 unspecified atom stereocenters. The molecule has 3 atom stereocenters. The van der Waals surface area contributed by atoms with E-state index >= 15 is 0 Å². The van der Waals surface area contributed by atoms with E-state index < -0.39 is 11.2 Å². The third kappa shape index (κ3) is 3.63. The fraction of sp³-hybridized carbons (Fsp3) is 0.310. The number of halogens is 1. The van der Waals surface area contributed by atoms with Crippen LogP contribution in [0.3, 0.4) is 0 Å². The lowest BCUT2D eigenvalue weighted by Gasteiger charge is -2.48. The van der Waals surface area contributed by atoms with Crippen LogP contribution in [0.25, 0.3) is 11.4 Å². The first kappa shape index (κ1) is 22.9. The number of aromatic nitrogens is 2. The molecule has 35 heavy (non-hydrogen) atoms. The standard InChI is InChI=1S/C29H26FN3O2/c1-17(2)35-28-22-13-14-23-18(3)25(34)19(16-31)15-29(23,20-9-5-4-6-10-20)26(22)32-27(33-28)21-11-7-8-12-24(21)30/h4-12,15,17-18,23H,13-14H2,1-3H3/t18-,23-,29+/m0/s1. The van der Waals surface area contributed by atoms with Crippen molar-refractivity contribution in [1.82, 2.24) is 9.97 Å². The number of rotatable bonds is 4. The van der Waals surface area contributed by atoms with E-state index in [1.165, 1.54) is 6.07 Å². The summed E-state index contributed by atoms with van der Waals surface area (Å²) >= 11 is 0. The second kappa shape index (κ2) is 8.74. The quantitative estimate of drug-likeness (QED) is 0.500. The van der Waals surface area contributed by atoms with Gasteiger partial charge in [0.05, 0.1) is 28.3 Å². The average molecular weight is 468 g/mol. The van der Waals surface area contributed by atoms with Gasteiger partial charge in [-0.3, -0.25) is 4.79 Å². The van der Waals surface area contributed by atoms with Gasteiger partial charge in [-0.05, 0) is 56.4 Å². The Hall–Kier alpha value is -3.85. The van der Waals surface area contributed by atoms with E-state index in [1.54, 1.807) is 24.3 Å². The first-order valence-electron chi connectivity index (χ1n) is 11.9. The van der Waals surface area contributed by atoms with Crippen LogP contribution >= 0.6 is 0 Å². The highest BCUT2D eigenvalue weighted by Crippen LogP contribution is 2.54. The third-order valence-electron chi connectivity index (χ3n) is 7.14. The van der Waals surface area contributed by atoms with Crippen LogP contribution in [0.4, 0.5) is 4.39 Å². The third-order valence-corrected chi connectivity index (χ3v) is 7.14. The van der Waals surface area contributed by atoms with Gasteiger partial charge < -0.3 is 4.74 Å². The summed E-state index contributed by atoms with van der Waals surface area (Å²) in [6.07, 6.45) is 2.97. The van der Waals surface area contributed by atoms with Gasteiger partial charge in [0.1, 0.15) is 11.9 Å². The molecule has 1 aromatic heterocycles. The van der Waals surface area contributed by atoms with Crippen LogP contribution in [0, 0.1) is 29.0 Å². The smallest absolute Gasteiger partial charge is 0.220 e. The largest absolute Gasteiger partial charge is 0.475 e. The molecule has 2 aromatic carbocycles. The topological polar surface area (TPSA) is 75.9 Å². The predicted molar refractivity (Wildman–Crippen MR) is 130 cm³/mol. The lowest BCUT2D eigenvalue weighted by atomic mass is 9.54. The molecule has 1 heterocycles. The van der Waals surface area contributed by atoms with E-state index in [2.05, 4.69) is 11.1 Å². The monoisotopic (exact) mass is 467 g/mol. The van der Waals surface area contributed by atoms with E-state index in [0.29, 0.717) is 24.4 Å². The number of hydrogen-bond donors (Lipinski definition) is 0. The van der Waals surface area contributed by atoms with Gasteiger partial charge in [0.25, 0.3) is 0 Å². The predicted octanol–water partition coefficient (Wildman–Crippen LogP) is 5.59. The van der Waals surface area contributed by atoms with Gasteiger partial charge in [-0.2, -0.15) is 10.2 Å². The van der Waals surface area contributed by atoms with Crippen LogP contribution in [0.1, 0.15) is 44.0 Å². The maximum Gasteiger partial charge on any atom is 0.220 e. The highest BCUT2D eigenvalue weighted by atomic mass is 19.1. The van der Waals surface area contributed by atoms with Crippen molar-refractivity contribution >= 4 is 5.78 Å². The minimum atomic E-state index is -0.842. The Balaban J connectivity index is 1.89. The summed E-state index contributed by atoms with van der Waals surface area (Å²) in [4.78, 5) is 22.7. The number of ketones is 1. The van der Waals surface area contributed by atoms with E-state index in [1.807, 2.05) is 51.1 Å². The Morgan fingerprint density at radius 2 is 1.83 bits per heavy atom. The summed E-state index contributed by atoms with van der Waals surface area (Å²) in [5.41, 5.74) is 2.02. The highest BCUT2D eigenvalue weighted by molar-refractivity contribution is 6.02. The minimum absolute atomic E-state index is 0.114. The molecule has 5 rings (SSSR count). The SMILES string of the molecule is CC(C)Oc1nc(-c2ccccc2F)nc2c1CC[C@H]1[C@H](C)C(=O)C(C#N)=C[C@]21c1ccccc1. The second-order valence-electron chi connectivity index (χ2n) is 9.53. The lowest BCUT2D eigenvalue weighted by molar-refractivity contribution is -0.121. The molecule has 6 heteroatoms. The van der Waals surface area contributed by atoms with Crippen LogP contribution in [0.2, 0.25) is 0 Å². The Morgan fingerprint density at radius 3 is 2.51 bits per heavy atom. The fourth-order valence-corrected chi connectivity index (χ4v) is 5.60. The summed E-state index contributed by atoms with van der Waals surface area (Å²) in [6.45, 7) is 5.74. The molecule has 0 saturated carbocycles. The molecular formula is C29H26FN3O2. The zero-order valence-electron chi connectivity index (χ0n) is 20.0. The van der Waals surface area contributed by atoms with Crippen LogP contribution in [0.15, 0.2) is 66.2 Å². The summed E-state index contributed by atoms with van der Waals surface area (Å²) in [7, 11) is 0. The normalized spacial score (nSPS) is 23.2. The first-order chi connectivity index (χ1) is 16.9. The molecule has 0 saturated heterocycles. The number of ether oxygens (including phenoxy) is 1. The number of allylic oxidation sites excluding steroid dienone is 2. The van der Waals surface area contributed by atoms with Crippen molar-refractivity contribution in [3.63, 3.8) is 0 Å². The van der Waals surface area contributed by atoms with Crippen molar-refractivity contribution < 1.29 is 13.9 Å². The number of benzene rings is 2. The molecule has 0 fully saturated rings. The molecule has 0 N–H and O–H groups in total. The Bertz CT molecular complexity index is 1380. The molecule has 5 nitrogen and oxygen atoms in total. The molecule has 2 aliphatic rings. The zero-order valence-corrected chi connectivity index (χ0v) is 20.0. The molecule has 0 aliphatic heterocycles. The van der Waals surface area contributed by atoms with Gasteiger partial charge >= 0.3 is 0 Å². The van der Waals surface area contributed by atoms with Crippen LogP contribution < -0.4 is 4.74 Å². The maximum absolute atomic E-state index is 14.9. The Morgan fingerprint density at radius 1 is 1.11 bits per heavy atom. The van der Waals surface area contributed by atoms with Crippen molar-refractivity contribution in [3.8, 4) is 23.3 Å². The Labute approximate surface area is 204 Å². The molecule has 2 aliphatic carbocycles. The van der Waals surface area contributed by atoms with Crippen LogP contribution in [-0.2, 0) is 16.6 Å². The van der Waals surface area contributed by atoms with Crippen molar-refractivity contribution in [2.24, 2.45) is 11.8 Å². The number of carbonyl (C=O) groups is 1. The molecule has 3 aromatic rings. The van der Waals surface area contributed by atoms with Gasteiger partial charge in [-0.15, -0.1) is 0 Å². The van der Waals surface area contributed by atoms with E-state index in [-0.39, 0.29) is 40.7 Å². The van der Waals surface area contributed by atoms with E-state index in [9.17, 15) is 14.4 Å². The average Bonchev–Trinajstić information content (AvgIpc) is 2.86. The van der Waals surface area contributed by atoms with Crippen molar-refractivity contribution in [2.75, 3.05) is 0 Å². The molecule has 176 valence electrons. The van der Waals surface area contributed by atoms with Crippen molar-refractivity contribution in [2.45, 2.75) is 45.1 Å². The van der Waals surface area contributed by atoms with E-state index in [0.717, 1.165) is 11.1 Å². The summed E-state index contributed by atoms with van der Waals surface area (Å²) in [5.74, 6) is -0.404. The van der Waals surface area contributed by atoms with Crippen LogP contribution in [0.5, 0.6) is 5.88 Å². The van der Waals surface area contributed by atoms with Gasteiger partial charge in [-0.1, -0.05) is 49.4 Å². The zero-order chi connectivity index (χ0) is 24.7. The van der Waals surface area contributed by atoms with Gasteiger partial charge in [0.15, 0.2) is 11.6 Å². The molecule has 0 amide bonds. The number of carbonyl (C=O) groups excluding carboxylic acids is 1. The maximum atomic E-state index is 14.9. The number of hydrogen-bond acceptors (Lipinski definition) is 5. The van der Waals surface area contributed by atoms with Gasteiger partial charge in [0, 0.05) is 11.5 Å². The number of Topliss-reactive ketones (excluding diaryl/α,β-unsaturated/α-hetero) is 1. The molecular weight excluding hydrogens is 441 g/mol. The Kier molecular flexibility index (Phi) is 5.72. The van der Waals surface area contributed by atoms with Crippen LogP contribution in [-0.4, -0.2) is 21.9 Å². The molecule has 0 bridgehead atoms. The number of fused-ring (bicyclic) bond motifs is 3. The second-order valence-corrected chi connectivity index (χ2v) is 9.53. The van der Waals surface area contributed by atoms with Gasteiger partial charge in [-0.25, -0.2) is 9.37 Å². The summed E-state index contributed by atoms with van der Waals surface area (Å²) in [5, 5.41) is 9.88. The number of nitrogens with zero attached hydrogens (tertiary/aromatic N) is 3. The highest BCUT2D eigenvalue weighted by Gasteiger charge is 2.53. The molecule has 0 radical (unpaired) electrons. The number of nitriles is 1. The first-order valence-corrected chi connectivity index (χ1v) is 11.9.